The largest absolute Gasteiger partial charge is 0.308 e. The Balaban J connectivity index is 2.58. The first kappa shape index (κ1) is 13.7. The average molecular weight is 258 g/mol. The van der Waals surface area contributed by atoms with Gasteiger partial charge in [-0.3, -0.25) is 4.98 Å². The van der Waals surface area contributed by atoms with Crippen LogP contribution in [-0.4, -0.2) is 12.0 Å². The highest BCUT2D eigenvalue weighted by Crippen LogP contribution is 2.28. The minimum atomic E-state index is -0.221. The molecule has 1 unspecified atom stereocenters. The van der Waals surface area contributed by atoms with Gasteiger partial charge in [0.25, 0.3) is 0 Å². The smallest absolute Gasteiger partial charge is 0.128 e. The van der Waals surface area contributed by atoms with Crippen LogP contribution in [0.15, 0.2) is 30.5 Å². The number of nitrogens with zero attached hydrogens (tertiary/aromatic N) is 1. The second kappa shape index (κ2) is 5.49. The number of pyridine rings is 1. The molecule has 0 radical (unpaired) electrons. The van der Waals surface area contributed by atoms with E-state index in [0.29, 0.717) is 5.56 Å². The van der Waals surface area contributed by atoms with E-state index in [-0.39, 0.29) is 11.9 Å². The molecule has 0 saturated carbocycles. The first-order valence-electron chi connectivity index (χ1n) is 6.40. The Morgan fingerprint density at radius 3 is 2.47 bits per heavy atom. The summed E-state index contributed by atoms with van der Waals surface area (Å²) in [5, 5.41) is 3.17. The van der Waals surface area contributed by atoms with Crippen molar-refractivity contribution in [3.05, 3.63) is 64.2 Å². The van der Waals surface area contributed by atoms with E-state index in [4.69, 9.17) is 0 Å². The zero-order valence-electron chi connectivity index (χ0n) is 11.8. The summed E-state index contributed by atoms with van der Waals surface area (Å²) in [6.45, 7) is 5.84. The zero-order chi connectivity index (χ0) is 14.0. The van der Waals surface area contributed by atoms with Gasteiger partial charge in [0.05, 0.1) is 11.7 Å². The van der Waals surface area contributed by atoms with Gasteiger partial charge in [-0.25, -0.2) is 4.39 Å². The van der Waals surface area contributed by atoms with E-state index in [1.54, 1.807) is 12.3 Å². The fourth-order valence-corrected chi connectivity index (χ4v) is 2.51. The summed E-state index contributed by atoms with van der Waals surface area (Å²) in [7, 11) is 1.83. The second-order valence-corrected chi connectivity index (χ2v) is 4.90. The molecule has 2 aromatic rings. The molecule has 1 aromatic carbocycles. The summed E-state index contributed by atoms with van der Waals surface area (Å²) in [5.41, 5.74) is 4.49. The third-order valence-corrected chi connectivity index (χ3v) is 3.38. The molecule has 1 aromatic heterocycles. The zero-order valence-corrected chi connectivity index (χ0v) is 11.8. The van der Waals surface area contributed by atoms with Crippen LogP contribution in [-0.2, 0) is 0 Å². The minimum Gasteiger partial charge on any atom is -0.308 e. The lowest BCUT2D eigenvalue weighted by Crippen LogP contribution is -2.22. The van der Waals surface area contributed by atoms with Crippen LogP contribution >= 0.6 is 0 Å². The normalized spacial score (nSPS) is 12.5. The van der Waals surface area contributed by atoms with E-state index in [2.05, 4.69) is 10.3 Å². The Hall–Kier alpha value is -1.74. The Labute approximate surface area is 113 Å². The molecule has 2 nitrogen and oxygen atoms in total. The molecule has 1 heterocycles. The number of aryl methyl sites for hydroxylation is 3. The molecule has 0 amide bonds. The molecule has 0 aliphatic heterocycles. The van der Waals surface area contributed by atoms with Crippen molar-refractivity contribution in [2.24, 2.45) is 0 Å². The summed E-state index contributed by atoms with van der Waals surface area (Å²) in [6, 6.07) is 7.24. The van der Waals surface area contributed by atoms with Gasteiger partial charge < -0.3 is 5.32 Å². The molecule has 1 atom stereocenters. The quantitative estimate of drug-likeness (QED) is 0.912. The molecule has 100 valence electrons. The predicted octanol–water partition coefficient (Wildman–Crippen LogP) is 3.45. The van der Waals surface area contributed by atoms with E-state index < -0.39 is 0 Å². The highest BCUT2D eigenvalue weighted by Gasteiger charge is 2.21. The Kier molecular flexibility index (Phi) is 3.96. The van der Waals surface area contributed by atoms with Crippen LogP contribution in [0.2, 0.25) is 0 Å². The van der Waals surface area contributed by atoms with Crippen LogP contribution in [0, 0.1) is 26.6 Å². The van der Waals surface area contributed by atoms with Gasteiger partial charge in [0.2, 0.25) is 0 Å². The van der Waals surface area contributed by atoms with Crippen LogP contribution in [0.4, 0.5) is 4.39 Å². The van der Waals surface area contributed by atoms with Gasteiger partial charge in [-0.15, -0.1) is 0 Å². The van der Waals surface area contributed by atoms with Gasteiger partial charge in [-0.1, -0.05) is 12.1 Å². The van der Waals surface area contributed by atoms with E-state index in [1.165, 1.54) is 0 Å². The molecule has 0 aliphatic rings. The van der Waals surface area contributed by atoms with Crippen molar-refractivity contribution in [3.8, 4) is 0 Å². The second-order valence-electron chi connectivity index (χ2n) is 4.90. The van der Waals surface area contributed by atoms with Gasteiger partial charge in [-0.05, 0) is 56.6 Å². The Morgan fingerprint density at radius 1 is 1.16 bits per heavy atom. The molecule has 19 heavy (non-hydrogen) atoms. The first-order chi connectivity index (χ1) is 9.04. The van der Waals surface area contributed by atoms with Crippen molar-refractivity contribution in [2.45, 2.75) is 26.8 Å². The molecule has 1 N–H and O–H groups in total. The number of hydrogen-bond acceptors (Lipinski definition) is 2. The van der Waals surface area contributed by atoms with E-state index in [0.717, 1.165) is 22.4 Å². The molecule has 2 rings (SSSR count). The highest BCUT2D eigenvalue weighted by molar-refractivity contribution is 5.40. The van der Waals surface area contributed by atoms with Gasteiger partial charge in [0, 0.05) is 11.8 Å². The summed E-state index contributed by atoms with van der Waals surface area (Å²) in [4.78, 5) is 4.40. The summed E-state index contributed by atoms with van der Waals surface area (Å²) >= 11 is 0. The molecule has 0 aliphatic carbocycles. The van der Waals surface area contributed by atoms with Crippen molar-refractivity contribution >= 4 is 0 Å². The van der Waals surface area contributed by atoms with Crippen LogP contribution in [0.25, 0.3) is 0 Å². The number of halogens is 1. The summed E-state index contributed by atoms with van der Waals surface area (Å²) < 4.78 is 14.3. The first-order valence-corrected chi connectivity index (χ1v) is 6.40. The van der Waals surface area contributed by atoms with E-state index >= 15 is 0 Å². The van der Waals surface area contributed by atoms with Crippen molar-refractivity contribution in [3.63, 3.8) is 0 Å². The van der Waals surface area contributed by atoms with Crippen LogP contribution in [0.5, 0.6) is 0 Å². The minimum absolute atomic E-state index is 0.179. The Morgan fingerprint density at radius 2 is 1.89 bits per heavy atom. The van der Waals surface area contributed by atoms with Gasteiger partial charge in [0.1, 0.15) is 5.82 Å². The SMILES string of the molecule is CNC(c1ncccc1C)c1c(C)cc(C)cc1F. The maximum atomic E-state index is 14.3. The molecule has 0 saturated heterocycles. The number of hydrogen-bond donors (Lipinski definition) is 1. The number of aromatic nitrogens is 1. The summed E-state index contributed by atoms with van der Waals surface area (Å²) in [5.74, 6) is -0.179. The lowest BCUT2D eigenvalue weighted by atomic mass is 9.94. The fraction of sp³-hybridized carbons (Fsp3) is 0.312. The third-order valence-electron chi connectivity index (χ3n) is 3.38. The van der Waals surface area contributed by atoms with Gasteiger partial charge in [-0.2, -0.15) is 0 Å². The van der Waals surface area contributed by atoms with Crippen LogP contribution in [0.3, 0.4) is 0 Å². The lowest BCUT2D eigenvalue weighted by Gasteiger charge is -2.21. The molecule has 0 spiro atoms. The Bertz CT molecular complexity index is 570. The van der Waals surface area contributed by atoms with Crippen molar-refractivity contribution in [1.29, 1.82) is 0 Å². The third kappa shape index (κ3) is 2.66. The van der Waals surface area contributed by atoms with Crippen molar-refractivity contribution in [2.75, 3.05) is 7.05 Å². The highest BCUT2D eigenvalue weighted by atomic mass is 19.1. The molecule has 3 heteroatoms. The van der Waals surface area contributed by atoms with Crippen molar-refractivity contribution in [1.82, 2.24) is 10.3 Å². The molecule has 0 fully saturated rings. The standard InChI is InChI=1S/C16H19FN2/c1-10-8-12(3)14(13(17)9-10)16(18-4)15-11(2)6-5-7-19-15/h5-9,16,18H,1-4H3. The topological polar surface area (TPSA) is 24.9 Å². The van der Waals surface area contributed by atoms with E-state index in [9.17, 15) is 4.39 Å². The summed E-state index contributed by atoms with van der Waals surface area (Å²) in [6.07, 6.45) is 1.74. The number of rotatable bonds is 3. The van der Waals surface area contributed by atoms with Gasteiger partial charge >= 0.3 is 0 Å². The average Bonchev–Trinajstić information content (AvgIpc) is 2.34. The molecular weight excluding hydrogens is 239 g/mol. The lowest BCUT2D eigenvalue weighted by molar-refractivity contribution is 0.565. The van der Waals surface area contributed by atoms with Gasteiger partial charge in [0.15, 0.2) is 0 Å². The molecule has 0 bridgehead atoms. The molecular formula is C16H19FN2. The number of nitrogens with one attached hydrogen (secondary N) is 1. The monoisotopic (exact) mass is 258 g/mol. The maximum Gasteiger partial charge on any atom is 0.128 e. The van der Waals surface area contributed by atoms with Crippen LogP contribution < -0.4 is 5.32 Å². The van der Waals surface area contributed by atoms with E-state index in [1.807, 2.05) is 46.0 Å². The van der Waals surface area contributed by atoms with Crippen LogP contribution in [0.1, 0.15) is 34.0 Å². The maximum absolute atomic E-state index is 14.3. The fourth-order valence-electron chi connectivity index (χ4n) is 2.51. The predicted molar refractivity (Wildman–Crippen MR) is 75.8 cm³/mol. The number of benzene rings is 1. The van der Waals surface area contributed by atoms with Crippen molar-refractivity contribution < 1.29 is 4.39 Å².